The van der Waals surface area contributed by atoms with Crippen LogP contribution in [0.1, 0.15) is 32.6 Å². The van der Waals surface area contributed by atoms with Gasteiger partial charge in [-0.1, -0.05) is 11.6 Å². The van der Waals surface area contributed by atoms with E-state index < -0.39 is 6.04 Å². The molecule has 1 aromatic carbocycles. The van der Waals surface area contributed by atoms with Crippen molar-refractivity contribution in [1.29, 1.82) is 0 Å². The summed E-state index contributed by atoms with van der Waals surface area (Å²) < 4.78 is 1.76. The summed E-state index contributed by atoms with van der Waals surface area (Å²) >= 11 is 6.03. The Morgan fingerprint density at radius 1 is 1.28 bits per heavy atom. The summed E-state index contributed by atoms with van der Waals surface area (Å²) in [4.78, 5) is 26.4. The Kier molecular flexibility index (Phi) is 5.58. The van der Waals surface area contributed by atoms with Gasteiger partial charge < -0.3 is 10.2 Å². The number of aryl methyl sites for hydroxylation is 1. The molecule has 2 aromatic rings. The molecule has 0 saturated carbocycles. The van der Waals surface area contributed by atoms with E-state index in [-0.39, 0.29) is 18.2 Å². The molecule has 6 nitrogen and oxygen atoms in total. The zero-order valence-corrected chi connectivity index (χ0v) is 15.1. The van der Waals surface area contributed by atoms with Gasteiger partial charge in [0.2, 0.25) is 11.8 Å². The Bertz CT molecular complexity index is 768. The summed E-state index contributed by atoms with van der Waals surface area (Å²) in [6, 6.07) is 5.07. The van der Waals surface area contributed by atoms with Crippen LogP contribution in [-0.2, 0) is 16.1 Å². The minimum absolute atomic E-state index is 0.00405. The number of carbonyl (C=O) groups excluding carboxylic acids is 2. The molecule has 1 saturated heterocycles. The van der Waals surface area contributed by atoms with Crippen molar-refractivity contribution in [2.45, 2.75) is 45.2 Å². The van der Waals surface area contributed by atoms with Crippen LogP contribution in [0.4, 0.5) is 0 Å². The van der Waals surface area contributed by atoms with Crippen molar-refractivity contribution in [1.82, 2.24) is 20.0 Å². The number of hydrogen-bond acceptors (Lipinski definition) is 3. The molecule has 2 amide bonds. The molecule has 0 bridgehead atoms. The summed E-state index contributed by atoms with van der Waals surface area (Å²) in [5.74, 6) is -0.145. The van der Waals surface area contributed by atoms with Gasteiger partial charge >= 0.3 is 0 Å². The van der Waals surface area contributed by atoms with E-state index in [2.05, 4.69) is 10.4 Å². The van der Waals surface area contributed by atoms with Crippen LogP contribution in [0.3, 0.4) is 0 Å². The van der Waals surface area contributed by atoms with Crippen molar-refractivity contribution < 1.29 is 9.59 Å². The molecule has 2 heterocycles. The third-order valence-corrected chi connectivity index (χ3v) is 4.81. The summed E-state index contributed by atoms with van der Waals surface area (Å²) in [5.41, 5.74) is 0.901. The number of amides is 2. The van der Waals surface area contributed by atoms with Crippen LogP contribution in [0.25, 0.3) is 10.9 Å². The lowest BCUT2D eigenvalue weighted by Crippen LogP contribution is -2.48. The Morgan fingerprint density at radius 3 is 2.80 bits per heavy atom. The fraction of sp³-hybridized carbons (Fsp3) is 0.500. The summed E-state index contributed by atoms with van der Waals surface area (Å²) in [6.07, 6.45) is 5.28. The topological polar surface area (TPSA) is 67.2 Å². The van der Waals surface area contributed by atoms with Gasteiger partial charge in [-0.15, -0.1) is 0 Å². The van der Waals surface area contributed by atoms with Crippen molar-refractivity contribution in [2.24, 2.45) is 0 Å². The average Bonchev–Trinajstić information content (AvgIpc) is 3.02. The number of nitrogens with zero attached hydrogens (tertiary/aromatic N) is 3. The van der Waals surface area contributed by atoms with Crippen LogP contribution in [0.2, 0.25) is 5.02 Å². The number of nitrogens with one attached hydrogen (secondary N) is 1. The molecule has 3 rings (SSSR count). The monoisotopic (exact) mass is 362 g/mol. The van der Waals surface area contributed by atoms with Crippen molar-refractivity contribution in [3.05, 3.63) is 29.4 Å². The fourth-order valence-electron chi connectivity index (χ4n) is 3.19. The summed E-state index contributed by atoms with van der Waals surface area (Å²) in [6.45, 7) is 3.77. The third kappa shape index (κ3) is 4.31. The SMILES string of the molecule is C[C@H](NC(=O)CCn1ncc2ccc(Cl)cc21)C(=O)N1CCCCC1. The van der Waals surface area contributed by atoms with E-state index in [1.807, 2.05) is 23.1 Å². The summed E-state index contributed by atoms with van der Waals surface area (Å²) in [5, 5.41) is 8.72. The minimum atomic E-state index is -0.491. The Labute approximate surface area is 152 Å². The van der Waals surface area contributed by atoms with Crippen molar-refractivity contribution >= 4 is 34.3 Å². The Morgan fingerprint density at radius 2 is 2.04 bits per heavy atom. The Balaban J connectivity index is 1.53. The second-order valence-electron chi connectivity index (χ2n) is 6.50. The number of likely N-dealkylation sites (tertiary alicyclic amines) is 1. The number of rotatable bonds is 5. The number of piperidine rings is 1. The van der Waals surface area contributed by atoms with E-state index in [1.165, 1.54) is 6.42 Å². The average molecular weight is 363 g/mol. The van der Waals surface area contributed by atoms with E-state index >= 15 is 0 Å². The van der Waals surface area contributed by atoms with Crippen LogP contribution in [0, 0.1) is 0 Å². The Hall–Kier alpha value is -2.08. The number of halogens is 1. The molecule has 134 valence electrons. The highest BCUT2D eigenvalue weighted by atomic mass is 35.5. The molecule has 1 fully saturated rings. The number of hydrogen-bond donors (Lipinski definition) is 1. The van der Waals surface area contributed by atoms with Gasteiger partial charge in [-0.05, 0) is 44.4 Å². The van der Waals surface area contributed by atoms with Crippen LogP contribution >= 0.6 is 11.6 Å². The third-order valence-electron chi connectivity index (χ3n) is 4.57. The fourth-order valence-corrected chi connectivity index (χ4v) is 3.36. The van der Waals surface area contributed by atoms with Crippen molar-refractivity contribution in [3.8, 4) is 0 Å². The predicted molar refractivity (Wildman–Crippen MR) is 97.4 cm³/mol. The zero-order valence-electron chi connectivity index (χ0n) is 14.4. The molecule has 1 N–H and O–H groups in total. The van der Waals surface area contributed by atoms with Gasteiger partial charge in [0, 0.05) is 29.9 Å². The highest BCUT2D eigenvalue weighted by Gasteiger charge is 2.23. The first-order chi connectivity index (χ1) is 12.0. The molecule has 0 spiro atoms. The minimum Gasteiger partial charge on any atom is -0.345 e. The zero-order chi connectivity index (χ0) is 17.8. The number of fused-ring (bicyclic) bond motifs is 1. The molecule has 0 unspecified atom stereocenters. The highest BCUT2D eigenvalue weighted by Crippen LogP contribution is 2.19. The van der Waals surface area contributed by atoms with E-state index in [1.54, 1.807) is 17.8 Å². The first kappa shape index (κ1) is 17.7. The number of benzene rings is 1. The van der Waals surface area contributed by atoms with Gasteiger partial charge in [0.25, 0.3) is 0 Å². The van der Waals surface area contributed by atoms with Gasteiger partial charge in [-0.3, -0.25) is 14.3 Å². The molecule has 1 aliphatic rings. The molecular weight excluding hydrogens is 340 g/mol. The van der Waals surface area contributed by atoms with Gasteiger partial charge in [0.15, 0.2) is 0 Å². The van der Waals surface area contributed by atoms with Crippen molar-refractivity contribution in [2.75, 3.05) is 13.1 Å². The van der Waals surface area contributed by atoms with E-state index in [0.29, 0.717) is 11.6 Å². The maximum absolute atomic E-state index is 12.4. The largest absolute Gasteiger partial charge is 0.345 e. The van der Waals surface area contributed by atoms with E-state index in [9.17, 15) is 9.59 Å². The standard InChI is InChI=1S/C18H23ClN4O2/c1-13(18(25)22-8-3-2-4-9-22)21-17(24)7-10-23-16-11-15(19)6-5-14(16)12-20-23/h5-6,11-13H,2-4,7-10H2,1H3,(H,21,24)/t13-/m0/s1. The lowest BCUT2D eigenvalue weighted by Gasteiger charge is -2.29. The molecule has 1 aromatic heterocycles. The van der Waals surface area contributed by atoms with E-state index in [4.69, 9.17) is 11.6 Å². The quantitative estimate of drug-likeness (QED) is 0.889. The van der Waals surface area contributed by atoms with Gasteiger partial charge in [-0.2, -0.15) is 5.10 Å². The van der Waals surface area contributed by atoms with Gasteiger partial charge in [-0.25, -0.2) is 0 Å². The second kappa shape index (κ2) is 7.87. The smallest absolute Gasteiger partial charge is 0.244 e. The lowest BCUT2D eigenvalue weighted by molar-refractivity contribution is -0.136. The van der Waals surface area contributed by atoms with Gasteiger partial charge in [0.1, 0.15) is 6.04 Å². The molecule has 1 aliphatic heterocycles. The first-order valence-corrected chi connectivity index (χ1v) is 9.11. The maximum atomic E-state index is 12.4. The van der Waals surface area contributed by atoms with Crippen LogP contribution in [0.5, 0.6) is 0 Å². The molecule has 7 heteroatoms. The number of carbonyl (C=O) groups is 2. The molecule has 1 atom stereocenters. The van der Waals surface area contributed by atoms with Crippen molar-refractivity contribution in [3.63, 3.8) is 0 Å². The first-order valence-electron chi connectivity index (χ1n) is 8.74. The van der Waals surface area contributed by atoms with E-state index in [0.717, 1.165) is 36.8 Å². The molecule has 25 heavy (non-hydrogen) atoms. The normalized spacial score (nSPS) is 16.0. The van der Waals surface area contributed by atoms with Crippen LogP contribution in [0.15, 0.2) is 24.4 Å². The van der Waals surface area contributed by atoms with Crippen LogP contribution in [-0.4, -0.2) is 45.6 Å². The summed E-state index contributed by atoms with van der Waals surface area (Å²) in [7, 11) is 0. The second-order valence-corrected chi connectivity index (χ2v) is 6.93. The lowest BCUT2D eigenvalue weighted by atomic mass is 10.1. The molecule has 0 radical (unpaired) electrons. The molecule has 0 aliphatic carbocycles. The van der Waals surface area contributed by atoms with Gasteiger partial charge in [0.05, 0.1) is 18.3 Å². The predicted octanol–water partition coefficient (Wildman–Crippen LogP) is 2.60. The highest BCUT2D eigenvalue weighted by molar-refractivity contribution is 6.31. The number of aromatic nitrogens is 2. The maximum Gasteiger partial charge on any atom is 0.244 e. The van der Waals surface area contributed by atoms with Crippen LogP contribution < -0.4 is 5.32 Å². The molecular formula is C18H23ClN4O2.